The van der Waals surface area contributed by atoms with Crippen molar-refractivity contribution in [1.29, 1.82) is 0 Å². The highest BCUT2D eigenvalue weighted by Gasteiger charge is 2.25. The fourth-order valence-electron chi connectivity index (χ4n) is 4.40. The van der Waals surface area contributed by atoms with Gasteiger partial charge >= 0.3 is 0 Å². The van der Waals surface area contributed by atoms with Gasteiger partial charge in [0.2, 0.25) is 17.8 Å². The Balaban J connectivity index is 1.16. The van der Waals surface area contributed by atoms with Crippen molar-refractivity contribution in [3.63, 3.8) is 0 Å². The van der Waals surface area contributed by atoms with Crippen molar-refractivity contribution >= 4 is 34.5 Å². The number of benzene rings is 2. The smallest absolute Gasteiger partial charge is 0.227 e. The van der Waals surface area contributed by atoms with Gasteiger partial charge < -0.3 is 24.4 Å². The number of nitrogens with zero attached hydrogens (tertiary/aromatic N) is 4. The minimum atomic E-state index is -0.0344. The normalized spacial score (nSPS) is 16.4. The molecule has 2 aliphatic heterocycles. The average molecular weight is 434 g/mol. The van der Waals surface area contributed by atoms with Gasteiger partial charge in [-0.1, -0.05) is 24.3 Å². The van der Waals surface area contributed by atoms with Crippen LogP contribution in [0.1, 0.15) is 19.3 Å². The summed E-state index contributed by atoms with van der Waals surface area (Å²) in [5.41, 5.74) is 2.75. The molecule has 166 valence electrons. The summed E-state index contributed by atoms with van der Waals surface area (Å²) in [6.07, 6.45) is 1.30. The number of fused-ring (bicyclic) bond motifs is 2. The first-order chi connectivity index (χ1) is 15.7. The lowest BCUT2D eigenvalue weighted by atomic mass is 10.2. The summed E-state index contributed by atoms with van der Waals surface area (Å²) in [7, 11) is 0. The number of hydrogen-bond acceptors (Lipinski definition) is 5. The van der Waals surface area contributed by atoms with Crippen molar-refractivity contribution in [3.05, 3.63) is 48.5 Å². The number of amides is 2. The van der Waals surface area contributed by atoms with Crippen LogP contribution >= 0.6 is 0 Å². The van der Waals surface area contributed by atoms with Crippen LogP contribution < -0.4 is 14.5 Å². The zero-order valence-corrected chi connectivity index (χ0v) is 18.0. The van der Waals surface area contributed by atoms with Gasteiger partial charge in [-0.25, -0.2) is 4.98 Å². The average Bonchev–Trinajstić information content (AvgIpc) is 3.11. The molecule has 1 fully saturated rings. The Bertz CT molecular complexity index is 1090. The second-order valence-corrected chi connectivity index (χ2v) is 8.16. The van der Waals surface area contributed by atoms with Crippen LogP contribution in [-0.4, -0.2) is 66.0 Å². The molecule has 5 rings (SSSR count). The number of ether oxygens (including phenoxy) is 1. The van der Waals surface area contributed by atoms with Crippen molar-refractivity contribution in [3.8, 4) is 5.75 Å². The molecule has 8 nitrogen and oxygen atoms in total. The lowest BCUT2D eigenvalue weighted by Crippen LogP contribution is -2.39. The van der Waals surface area contributed by atoms with Crippen LogP contribution in [0.25, 0.3) is 11.0 Å². The van der Waals surface area contributed by atoms with E-state index in [2.05, 4.69) is 14.9 Å². The molecule has 0 spiro atoms. The molecule has 2 aliphatic rings. The SMILES string of the molecule is O=C(CCC(=O)N1CCOc2ccccc21)N1CCCN(c2nc3ccccc3[nH]2)CC1. The fourth-order valence-corrected chi connectivity index (χ4v) is 4.40. The molecule has 2 aromatic carbocycles. The number of anilines is 2. The Morgan fingerprint density at radius 3 is 2.62 bits per heavy atom. The molecule has 8 heteroatoms. The summed E-state index contributed by atoms with van der Waals surface area (Å²) in [6, 6.07) is 15.5. The van der Waals surface area contributed by atoms with Gasteiger partial charge in [-0.15, -0.1) is 0 Å². The molecule has 2 amide bonds. The first kappa shape index (κ1) is 20.4. The molecule has 0 bridgehead atoms. The first-order valence-corrected chi connectivity index (χ1v) is 11.2. The van der Waals surface area contributed by atoms with Crippen molar-refractivity contribution < 1.29 is 14.3 Å². The number of imidazole rings is 1. The molecule has 1 aromatic heterocycles. The predicted octanol–water partition coefficient (Wildman–Crippen LogP) is 2.81. The van der Waals surface area contributed by atoms with Crippen LogP contribution in [0.15, 0.2) is 48.5 Å². The quantitative estimate of drug-likeness (QED) is 0.684. The Morgan fingerprint density at radius 2 is 1.72 bits per heavy atom. The lowest BCUT2D eigenvalue weighted by molar-refractivity contribution is -0.133. The van der Waals surface area contributed by atoms with Crippen LogP contribution in [0, 0.1) is 0 Å². The monoisotopic (exact) mass is 433 g/mol. The first-order valence-electron chi connectivity index (χ1n) is 11.2. The van der Waals surface area contributed by atoms with E-state index in [1.807, 2.05) is 53.4 Å². The van der Waals surface area contributed by atoms with Gasteiger partial charge in [-0.2, -0.15) is 0 Å². The van der Waals surface area contributed by atoms with Crippen molar-refractivity contribution in [2.75, 3.05) is 49.1 Å². The Labute approximate surface area is 186 Å². The highest BCUT2D eigenvalue weighted by molar-refractivity contribution is 5.97. The van der Waals surface area contributed by atoms with E-state index in [1.165, 1.54) is 0 Å². The number of H-pyrrole nitrogens is 1. The second kappa shape index (κ2) is 8.90. The summed E-state index contributed by atoms with van der Waals surface area (Å²) in [4.78, 5) is 39.5. The molecule has 1 N–H and O–H groups in total. The number of aromatic amines is 1. The Hall–Kier alpha value is -3.55. The van der Waals surface area contributed by atoms with E-state index in [9.17, 15) is 9.59 Å². The van der Waals surface area contributed by atoms with E-state index in [-0.39, 0.29) is 24.7 Å². The number of nitrogens with one attached hydrogen (secondary N) is 1. The maximum atomic E-state index is 12.9. The molecule has 0 atom stereocenters. The van der Waals surface area contributed by atoms with Crippen LogP contribution in [0.2, 0.25) is 0 Å². The van der Waals surface area contributed by atoms with E-state index in [1.54, 1.807) is 4.90 Å². The summed E-state index contributed by atoms with van der Waals surface area (Å²) in [5, 5.41) is 0. The molecular formula is C24H27N5O3. The summed E-state index contributed by atoms with van der Waals surface area (Å²) in [6.45, 7) is 3.87. The van der Waals surface area contributed by atoms with E-state index < -0.39 is 0 Å². The van der Waals surface area contributed by atoms with Gasteiger partial charge in [0.1, 0.15) is 12.4 Å². The number of aromatic nitrogens is 2. The van der Waals surface area contributed by atoms with Crippen LogP contribution in [-0.2, 0) is 9.59 Å². The van der Waals surface area contributed by atoms with Crippen molar-refractivity contribution in [1.82, 2.24) is 14.9 Å². The lowest BCUT2D eigenvalue weighted by Gasteiger charge is -2.29. The topological polar surface area (TPSA) is 81.8 Å². The van der Waals surface area contributed by atoms with E-state index in [0.29, 0.717) is 26.2 Å². The van der Waals surface area contributed by atoms with Crippen LogP contribution in [0.4, 0.5) is 11.6 Å². The van der Waals surface area contributed by atoms with Crippen LogP contribution in [0.3, 0.4) is 0 Å². The molecular weight excluding hydrogens is 406 g/mol. The zero-order chi connectivity index (χ0) is 21.9. The van der Waals surface area contributed by atoms with Crippen molar-refractivity contribution in [2.45, 2.75) is 19.3 Å². The molecule has 3 aromatic rings. The maximum Gasteiger partial charge on any atom is 0.227 e. The third-order valence-corrected chi connectivity index (χ3v) is 6.11. The van der Waals surface area contributed by atoms with Gasteiger partial charge in [0.05, 0.1) is 23.3 Å². The zero-order valence-electron chi connectivity index (χ0n) is 18.0. The standard InChI is InChI=1S/C24H27N5O3/c30-22(10-11-23(31)29-16-17-32-21-9-4-3-8-20(21)29)27-12-5-13-28(15-14-27)24-25-18-6-1-2-7-19(18)26-24/h1-4,6-9H,5,10-17H2,(H,25,26). The van der Waals surface area contributed by atoms with Gasteiger partial charge in [0, 0.05) is 39.0 Å². The number of rotatable bonds is 4. The minimum Gasteiger partial charge on any atom is -0.490 e. The third kappa shape index (κ3) is 4.12. The molecule has 0 aliphatic carbocycles. The summed E-state index contributed by atoms with van der Waals surface area (Å²) in [5.74, 6) is 1.57. The number of para-hydroxylation sites is 4. The summed E-state index contributed by atoms with van der Waals surface area (Å²) >= 11 is 0. The number of hydrogen-bond donors (Lipinski definition) is 1. The molecule has 0 saturated carbocycles. The predicted molar refractivity (Wildman–Crippen MR) is 123 cm³/mol. The summed E-state index contributed by atoms with van der Waals surface area (Å²) < 4.78 is 5.62. The number of carbonyl (C=O) groups excluding carboxylic acids is 2. The van der Waals surface area contributed by atoms with Gasteiger partial charge in [-0.05, 0) is 30.7 Å². The molecule has 3 heterocycles. The minimum absolute atomic E-state index is 0.0337. The highest BCUT2D eigenvalue weighted by Crippen LogP contribution is 2.31. The van der Waals surface area contributed by atoms with Crippen molar-refractivity contribution in [2.24, 2.45) is 0 Å². The van der Waals surface area contributed by atoms with E-state index in [4.69, 9.17) is 4.74 Å². The second-order valence-electron chi connectivity index (χ2n) is 8.16. The Kier molecular flexibility index (Phi) is 5.66. The molecule has 1 saturated heterocycles. The van der Waals surface area contributed by atoms with Gasteiger partial charge in [-0.3, -0.25) is 9.59 Å². The molecule has 0 radical (unpaired) electrons. The maximum absolute atomic E-state index is 12.9. The third-order valence-electron chi connectivity index (χ3n) is 6.11. The molecule has 0 unspecified atom stereocenters. The molecule has 32 heavy (non-hydrogen) atoms. The number of carbonyl (C=O) groups is 2. The fraction of sp³-hybridized carbons (Fsp3) is 0.375. The highest BCUT2D eigenvalue weighted by atomic mass is 16.5. The van der Waals surface area contributed by atoms with Crippen LogP contribution in [0.5, 0.6) is 5.75 Å². The van der Waals surface area contributed by atoms with Gasteiger partial charge in [0.15, 0.2) is 0 Å². The Morgan fingerprint density at radius 1 is 0.906 bits per heavy atom. The largest absolute Gasteiger partial charge is 0.490 e. The van der Waals surface area contributed by atoms with E-state index >= 15 is 0 Å². The van der Waals surface area contributed by atoms with Gasteiger partial charge in [0.25, 0.3) is 0 Å². The van der Waals surface area contributed by atoms with E-state index in [0.717, 1.165) is 47.9 Å².